The van der Waals surface area contributed by atoms with Crippen LogP contribution in [-0.2, 0) is 23.1 Å². The largest absolute Gasteiger partial charge is 0.381 e. The zero-order valence-electron chi connectivity index (χ0n) is 13.5. The van der Waals surface area contributed by atoms with Crippen molar-refractivity contribution in [3.05, 3.63) is 17.5 Å². The van der Waals surface area contributed by atoms with Crippen LogP contribution in [0.5, 0.6) is 0 Å². The Balaban J connectivity index is 1.45. The van der Waals surface area contributed by atoms with Gasteiger partial charge in [-0.2, -0.15) is 5.10 Å². The number of hydrogen-bond acceptors (Lipinski definition) is 4. The van der Waals surface area contributed by atoms with Gasteiger partial charge >= 0.3 is 0 Å². The number of aryl methyl sites for hydroxylation is 1. The van der Waals surface area contributed by atoms with E-state index in [1.165, 1.54) is 24.1 Å². The molecule has 2 fully saturated rings. The molecule has 1 unspecified atom stereocenters. The monoisotopic (exact) mass is 305 g/mol. The lowest BCUT2D eigenvalue weighted by Gasteiger charge is -2.39. The van der Waals surface area contributed by atoms with Gasteiger partial charge in [-0.15, -0.1) is 0 Å². The molecule has 1 saturated heterocycles. The van der Waals surface area contributed by atoms with E-state index < -0.39 is 0 Å². The van der Waals surface area contributed by atoms with Crippen LogP contribution in [0.3, 0.4) is 0 Å². The lowest BCUT2D eigenvalue weighted by Crippen LogP contribution is -2.44. The molecule has 0 spiro atoms. The average molecular weight is 305 g/mol. The minimum absolute atomic E-state index is 0.471. The van der Waals surface area contributed by atoms with E-state index in [9.17, 15) is 0 Å². The minimum atomic E-state index is 0.471. The quantitative estimate of drug-likeness (QED) is 0.833. The van der Waals surface area contributed by atoms with E-state index in [4.69, 9.17) is 9.47 Å². The molecule has 4 rings (SSSR count). The summed E-state index contributed by atoms with van der Waals surface area (Å²) in [5, 5.41) is 4.49. The van der Waals surface area contributed by atoms with E-state index in [1.807, 2.05) is 0 Å². The molecule has 1 aromatic heterocycles. The van der Waals surface area contributed by atoms with Gasteiger partial charge in [0.2, 0.25) is 0 Å². The lowest BCUT2D eigenvalue weighted by atomic mass is 9.93. The highest BCUT2D eigenvalue weighted by Crippen LogP contribution is 2.33. The average Bonchev–Trinajstić information content (AvgIpc) is 3.31. The maximum absolute atomic E-state index is 6.01. The first kappa shape index (κ1) is 14.7. The maximum Gasteiger partial charge on any atom is 0.0557 e. The smallest absolute Gasteiger partial charge is 0.0557 e. The Kier molecular flexibility index (Phi) is 4.20. The summed E-state index contributed by atoms with van der Waals surface area (Å²) in [6.07, 6.45) is 7.08. The summed E-state index contributed by atoms with van der Waals surface area (Å²) in [5.74, 6) is 1.31. The summed E-state index contributed by atoms with van der Waals surface area (Å²) in [6.45, 7) is 5.73. The minimum Gasteiger partial charge on any atom is -0.381 e. The van der Waals surface area contributed by atoms with Crippen molar-refractivity contribution in [2.24, 2.45) is 13.0 Å². The fraction of sp³-hybridized carbons (Fsp3) is 0.824. The van der Waals surface area contributed by atoms with Crippen molar-refractivity contribution in [3.63, 3.8) is 0 Å². The fourth-order valence-electron chi connectivity index (χ4n) is 3.79. The molecule has 1 aromatic rings. The van der Waals surface area contributed by atoms with E-state index >= 15 is 0 Å². The number of ether oxygens (including phenoxy) is 2. The first-order chi connectivity index (χ1) is 10.8. The van der Waals surface area contributed by atoms with Crippen LogP contribution in [0, 0.1) is 5.92 Å². The van der Waals surface area contributed by atoms with Crippen LogP contribution in [-0.4, -0.2) is 53.7 Å². The van der Waals surface area contributed by atoms with E-state index in [0.29, 0.717) is 12.0 Å². The summed E-state index contributed by atoms with van der Waals surface area (Å²) in [7, 11) is 2.06. The number of fused-ring (bicyclic) bond motifs is 1. The van der Waals surface area contributed by atoms with Gasteiger partial charge in [0, 0.05) is 57.5 Å². The van der Waals surface area contributed by atoms with Gasteiger partial charge in [-0.1, -0.05) is 0 Å². The Labute approximate surface area is 132 Å². The van der Waals surface area contributed by atoms with Gasteiger partial charge in [-0.05, 0) is 31.6 Å². The van der Waals surface area contributed by atoms with Gasteiger partial charge in [0.25, 0.3) is 0 Å². The SMILES string of the molecule is Cn1ncc2c1CN(C1CCOCC1)CC2COCC1CC1. The van der Waals surface area contributed by atoms with E-state index in [2.05, 4.69) is 27.9 Å². The molecule has 1 aliphatic carbocycles. The van der Waals surface area contributed by atoms with Crippen molar-refractivity contribution >= 4 is 0 Å². The molecule has 5 nitrogen and oxygen atoms in total. The summed E-state index contributed by atoms with van der Waals surface area (Å²) < 4.78 is 13.6. The molecular formula is C17H27N3O2. The Morgan fingerprint density at radius 1 is 1.23 bits per heavy atom. The fourth-order valence-corrected chi connectivity index (χ4v) is 3.79. The molecule has 122 valence electrons. The van der Waals surface area contributed by atoms with Crippen LogP contribution in [0.1, 0.15) is 42.9 Å². The van der Waals surface area contributed by atoms with Crippen LogP contribution >= 0.6 is 0 Å². The molecule has 5 heteroatoms. The first-order valence-corrected chi connectivity index (χ1v) is 8.71. The molecule has 1 atom stereocenters. The molecule has 0 N–H and O–H groups in total. The topological polar surface area (TPSA) is 39.5 Å². The molecule has 0 aromatic carbocycles. The van der Waals surface area contributed by atoms with Gasteiger partial charge < -0.3 is 9.47 Å². The first-order valence-electron chi connectivity index (χ1n) is 8.71. The highest BCUT2D eigenvalue weighted by atomic mass is 16.5. The van der Waals surface area contributed by atoms with Gasteiger partial charge in [-0.3, -0.25) is 9.58 Å². The van der Waals surface area contributed by atoms with E-state index in [0.717, 1.165) is 58.3 Å². The molecule has 1 saturated carbocycles. The van der Waals surface area contributed by atoms with Crippen molar-refractivity contribution in [2.75, 3.05) is 33.0 Å². The zero-order chi connectivity index (χ0) is 14.9. The van der Waals surface area contributed by atoms with Gasteiger partial charge in [-0.25, -0.2) is 0 Å². The predicted octanol–water partition coefficient (Wildman–Crippen LogP) is 1.92. The van der Waals surface area contributed by atoms with Crippen molar-refractivity contribution in [3.8, 4) is 0 Å². The summed E-state index contributed by atoms with van der Waals surface area (Å²) in [5.41, 5.74) is 2.78. The highest BCUT2D eigenvalue weighted by Gasteiger charge is 2.33. The Morgan fingerprint density at radius 3 is 2.82 bits per heavy atom. The third-order valence-electron chi connectivity index (χ3n) is 5.42. The molecule has 2 aliphatic heterocycles. The van der Waals surface area contributed by atoms with Crippen molar-refractivity contribution in [1.82, 2.24) is 14.7 Å². The molecule has 3 heterocycles. The highest BCUT2D eigenvalue weighted by molar-refractivity contribution is 5.26. The van der Waals surface area contributed by atoms with E-state index in [1.54, 1.807) is 0 Å². The van der Waals surface area contributed by atoms with Crippen molar-refractivity contribution in [2.45, 2.75) is 44.2 Å². The summed E-state index contributed by atoms with van der Waals surface area (Å²) in [4.78, 5) is 2.64. The number of nitrogens with zero attached hydrogens (tertiary/aromatic N) is 3. The normalized spacial score (nSPS) is 27.0. The van der Waals surface area contributed by atoms with Crippen LogP contribution < -0.4 is 0 Å². The summed E-state index contributed by atoms with van der Waals surface area (Å²) >= 11 is 0. The van der Waals surface area contributed by atoms with Crippen molar-refractivity contribution < 1.29 is 9.47 Å². The maximum atomic E-state index is 6.01. The molecular weight excluding hydrogens is 278 g/mol. The second-order valence-corrected chi connectivity index (χ2v) is 7.12. The summed E-state index contributed by atoms with van der Waals surface area (Å²) in [6, 6.07) is 0.655. The standard InChI is InChI=1S/C17H27N3O2/c1-19-17-10-20(15-4-6-21-7-5-15)9-14(16(17)8-18-19)12-22-11-13-2-3-13/h8,13-15H,2-7,9-12H2,1H3. The Hall–Kier alpha value is -0.910. The third-order valence-corrected chi connectivity index (χ3v) is 5.42. The third kappa shape index (κ3) is 3.07. The van der Waals surface area contributed by atoms with Crippen LogP contribution in [0.15, 0.2) is 6.20 Å². The van der Waals surface area contributed by atoms with Crippen LogP contribution in [0.25, 0.3) is 0 Å². The number of hydrogen-bond donors (Lipinski definition) is 0. The van der Waals surface area contributed by atoms with Crippen LogP contribution in [0.4, 0.5) is 0 Å². The van der Waals surface area contributed by atoms with E-state index in [-0.39, 0.29) is 0 Å². The molecule has 0 amide bonds. The van der Waals surface area contributed by atoms with Gasteiger partial charge in [0.15, 0.2) is 0 Å². The number of rotatable bonds is 5. The second-order valence-electron chi connectivity index (χ2n) is 7.12. The zero-order valence-corrected chi connectivity index (χ0v) is 13.5. The molecule has 3 aliphatic rings. The predicted molar refractivity (Wildman–Crippen MR) is 83.7 cm³/mol. The van der Waals surface area contributed by atoms with Crippen molar-refractivity contribution in [1.29, 1.82) is 0 Å². The molecule has 22 heavy (non-hydrogen) atoms. The van der Waals surface area contributed by atoms with Crippen LogP contribution in [0.2, 0.25) is 0 Å². The van der Waals surface area contributed by atoms with Gasteiger partial charge in [0.1, 0.15) is 0 Å². The van der Waals surface area contributed by atoms with Gasteiger partial charge in [0.05, 0.1) is 18.5 Å². The second kappa shape index (κ2) is 6.30. The molecule has 0 bridgehead atoms. The molecule has 0 radical (unpaired) electrons. The Bertz CT molecular complexity index is 506. The number of aromatic nitrogens is 2. The lowest BCUT2D eigenvalue weighted by molar-refractivity contribution is 0.0161. The Morgan fingerprint density at radius 2 is 2.05 bits per heavy atom.